The lowest BCUT2D eigenvalue weighted by molar-refractivity contribution is 0.258. The lowest BCUT2D eigenvalue weighted by Gasteiger charge is -2.29. The number of aliphatic hydroxyl groups is 1. The van der Waals surface area contributed by atoms with Gasteiger partial charge >= 0.3 is 0 Å². The van der Waals surface area contributed by atoms with Gasteiger partial charge in [0.25, 0.3) is 0 Å². The van der Waals surface area contributed by atoms with Crippen LogP contribution >= 0.6 is 0 Å². The van der Waals surface area contributed by atoms with Gasteiger partial charge in [0.15, 0.2) is 0 Å². The molecule has 0 fully saturated rings. The molecule has 2 aromatic carbocycles. The van der Waals surface area contributed by atoms with Crippen LogP contribution in [0.5, 0.6) is 11.5 Å². The Morgan fingerprint density at radius 2 is 1.62 bits per heavy atom. The molecule has 3 rings (SSSR count). The maximum absolute atomic E-state index is 9.04. The van der Waals surface area contributed by atoms with Crippen LogP contribution in [0.25, 0.3) is 0 Å². The summed E-state index contributed by atoms with van der Waals surface area (Å²) in [6, 6.07) is 16.5. The molecule has 2 aromatic rings. The first-order valence-electron chi connectivity index (χ1n) is 7.49. The van der Waals surface area contributed by atoms with Crippen molar-refractivity contribution < 1.29 is 9.84 Å². The van der Waals surface area contributed by atoms with E-state index in [0.717, 1.165) is 24.5 Å². The van der Waals surface area contributed by atoms with Crippen LogP contribution in [0.4, 0.5) is 0 Å². The fraction of sp³-hybridized carbons (Fsp3) is 0.333. The summed E-state index contributed by atoms with van der Waals surface area (Å²) in [7, 11) is 0. The van der Waals surface area contributed by atoms with Gasteiger partial charge in [-0.15, -0.1) is 0 Å². The van der Waals surface area contributed by atoms with Crippen LogP contribution in [0.3, 0.4) is 0 Å². The quantitative estimate of drug-likeness (QED) is 0.882. The summed E-state index contributed by atoms with van der Waals surface area (Å²) in [5.74, 6) is 2.28. The van der Waals surface area contributed by atoms with Crippen molar-refractivity contribution in [1.29, 1.82) is 0 Å². The summed E-state index contributed by atoms with van der Waals surface area (Å²) >= 11 is 0. The first kappa shape index (κ1) is 14.1. The molecule has 0 amide bonds. The summed E-state index contributed by atoms with van der Waals surface area (Å²) < 4.78 is 5.98. The molecule has 3 nitrogen and oxygen atoms in total. The zero-order chi connectivity index (χ0) is 14.7. The van der Waals surface area contributed by atoms with E-state index in [1.54, 1.807) is 0 Å². The van der Waals surface area contributed by atoms with Crippen LogP contribution in [0.2, 0.25) is 0 Å². The van der Waals surface area contributed by atoms with E-state index in [1.165, 1.54) is 11.1 Å². The van der Waals surface area contributed by atoms with Crippen molar-refractivity contribution >= 4 is 0 Å². The molecule has 0 aliphatic carbocycles. The Morgan fingerprint density at radius 3 is 2.19 bits per heavy atom. The third-order valence-electron chi connectivity index (χ3n) is 3.97. The maximum atomic E-state index is 9.04. The van der Waals surface area contributed by atoms with Gasteiger partial charge < -0.3 is 15.2 Å². The van der Waals surface area contributed by atoms with Gasteiger partial charge in [-0.25, -0.2) is 0 Å². The van der Waals surface area contributed by atoms with Crippen LogP contribution in [0.15, 0.2) is 48.5 Å². The number of hydrogen-bond donors (Lipinski definition) is 2. The first-order chi connectivity index (χ1) is 10.3. The third-order valence-corrected chi connectivity index (χ3v) is 3.97. The second-order valence-corrected chi connectivity index (χ2v) is 5.64. The molecule has 3 heteroatoms. The van der Waals surface area contributed by atoms with Crippen LogP contribution in [0.1, 0.15) is 30.5 Å². The molecule has 1 heterocycles. The van der Waals surface area contributed by atoms with Crippen LogP contribution in [-0.4, -0.2) is 18.3 Å². The van der Waals surface area contributed by atoms with E-state index < -0.39 is 0 Å². The fourth-order valence-electron chi connectivity index (χ4n) is 2.77. The van der Waals surface area contributed by atoms with Crippen molar-refractivity contribution in [3.8, 4) is 11.5 Å². The average Bonchev–Trinajstić information content (AvgIpc) is 2.51. The molecule has 1 unspecified atom stereocenters. The fourth-order valence-corrected chi connectivity index (χ4v) is 2.77. The molecule has 0 aromatic heterocycles. The molecule has 1 aliphatic heterocycles. The molecule has 0 saturated heterocycles. The van der Waals surface area contributed by atoms with E-state index in [-0.39, 0.29) is 12.6 Å². The minimum atomic E-state index is 0.146. The van der Waals surface area contributed by atoms with E-state index in [9.17, 15) is 0 Å². The number of para-hydroxylation sites is 2. The molecule has 0 saturated carbocycles. The van der Waals surface area contributed by atoms with E-state index in [4.69, 9.17) is 9.84 Å². The number of rotatable bonds is 5. The largest absolute Gasteiger partial charge is 0.457 e. The average molecular weight is 283 g/mol. The third kappa shape index (κ3) is 2.94. The molecular weight excluding hydrogens is 262 g/mol. The van der Waals surface area contributed by atoms with Crippen molar-refractivity contribution in [1.82, 2.24) is 5.32 Å². The van der Waals surface area contributed by atoms with Gasteiger partial charge in [-0.05, 0) is 31.0 Å². The van der Waals surface area contributed by atoms with E-state index >= 15 is 0 Å². The van der Waals surface area contributed by atoms with Gasteiger partial charge in [0.1, 0.15) is 11.5 Å². The number of fused-ring (bicyclic) bond motifs is 2. The summed E-state index contributed by atoms with van der Waals surface area (Å²) in [5.41, 5.74) is 2.35. The standard InChI is InChI=1S/C18H21NO2/c1-13(10-11-20)12-19-18-14-6-2-4-8-16(14)21-17-9-5-3-7-15(17)18/h2-9,13,18-20H,10-12H2,1H3. The molecule has 0 radical (unpaired) electrons. The van der Waals surface area contributed by atoms with Crippen molar-refractivity contribution in [2.75, 3.05) is 13.2 Å². The number of benzene rings is 2. The van der Waals surface area contributed by atoms with Gasteiger partial charge in [0, 0.05) is 17.7 Å². The molecule has 110 valence electrons. The van der Waals surface area contributed by atoms with Crippen molar-refractivity contribution in [2.45, 2.75) is 19.4 Å². The van der Waals surface area contributed by atoms with E-state index in [2.05, 4.69) is 24.4 Å². The lowest BCUT2D eigenvalue weighted by atomic mass is 9.94. The van der Waals surface area contributed by atoms with Crippen molar-refractivity contribution in [2.24, 2.45) is 5.92 Å². The molecule has 1 aliphatic rings. The normalized spacial score (nSPS) is 15.0. The molecule has 0 bridgehead atoms. The predicted octanol–water partition coefficient (Wildman–Crippen LogP) is 3.49. The summed E-state index contributed by atoms with van der Waals surface area (Å²) in [6.07, 6.45) is 0.819. The van der Waals surface area contributed by atoms with Gasteiger partial charge in [-0.1, -0.05) is 43.3 Å². The summed E-state index contributed by atoms with van der Waals surface area (Å²) in [4.78, 5) is 0. The monoisotopic (exact) mass is 283 g/mol. The second kappa shape index (κ2) is 6.29. The minimum Gasteiger partial charge on any atom is -0.457 e. The van der Waals surface area contributed by atoms with Crippen LogP contribution < -0.4 is 10.1 Å². The zero-order valence-electron chi connectivity index (χ0n) is 12.3. The van der Waals surface area contributed by atoms with E-state index in [0.29, 0.717) is 5.92 Å². The SMILES string of the molecule is CC(CCO)CNC1c2ccccc2Oc2ccccc21. The van der Waals surface area contributed by atoms with Crippen LogP contribution in [-0.2, 0) is 0 Å². The Balaban J connectivity index is 1.88. The Morgan fingerprint density at radius 1 is 1.05 bits per heavy atom. The Kier molecular flexibility index (Phi) is 4.23. The van der Waals surface area contributed by atoms with Gasteiger partial charge in [0.2, 0.25) is 0 Å². The molecular formula is C18H21NO2. The van der Waals surface area contributed by atoms with Crippen molar-refractivity contribution in [3.63, 3.8) is 0 Å². The van der Waals surface area contributed by atoms with Crippen molar-refractivity contribution in [3.05, 3.63) is 59.7 Å². The summed E-state index contributed by atoms with van der Waals surface area (Å²) in [5, 5.41) is 12.7. The second-order valence-electron chi connectivity index (χ2n) is 5.64. The Bertz CT molecular complexity index is 566. The lowest BCUT2D eigenvalue weighted by Crippen LogP contribution is -2.29. The number of nitrogens with one attached hydrogen (secondary N) is 1. The number of aliphatic hydroxyl groups excluding tert-OH is 1. The maximum Gasteiger partial charge on any atom is 0.132 e. The molecule has 2 N–H and O–H groups in total. The molecule has 1 atom stereocenters. The Hall–Kier alpha value is -1.84. The van der Waals surface area contributed by atoms with E-state index in [1.807, 2.05) is 36.4 Å². The predicted molar refractivity (Wildman–Crippen MR) is 83.7 cm³/mol. The first-order valence-corrected chi connectivity index (χ1v) is 7.49. The highest BCUT2D eigenvalue weighted by Gasteiger charge is 2.26. The minimum absolute atomic E-state index is 0.146. The van der Waals surface area contributed by atoms with Gasteiger partial charge in [0.05, 0.1) is 6.04 Å². The highest BCUT2D eigenvalue weighted by molar-refractivity contribution is 5.52. The highest BCUT2D eigenvalue weighted by Crippen LogP contribution is 2.42. The number of ether oxygens (including phenoxy) is 1. The van der Waals surface area contributed by atoms with Gasteiger partial charge in [-0.3, -0.25) is 0 Å². The molecule has 21 heavy (non-hydrogen) atoms. The van der Waals surface area contributed by atoms with Crippen LogP contribution in [0, 0.1) is 5.92 Å². The topological polar surface area (TPSA) is 41.5 Å². The highest BCUT2D eigenvalue weighted by atomic mass is 16.5. The number of hydrogen-bond acceptors (Lipinski definition) is 3. The smallest absolute Gasteiger partial charge is 0.132 e. The Labute approximate surface area is 125 Å². The van der Waals surface area contributed by atoms with Gasteiger partial charge in [-0.2, -0.15) is 0 Å². The molecule has 0 spiro atoms. The summed E-state index contributed by atoms with van der Waals surface area (Å²) in [6.45, 7) is 3.26. The zero-order valence-corrected chi connectivity index (χ0v) is 12.3.